The van der Waals surface area contributed by atoms with Crippen molar-refractivity contribution in [3.8, 4) is 0 Å². The molecule has 4 nitrogen and oxygen atoms in total. The first-order chi connectivity index (χ1) is 12.7. The highest BCUT2D eigenvalue weighted by Gasteiger charge is 2.30. The van der Waals surface area contributed by atoms with Crippen LogP contribution in [-0.4, -0.2) is 17.9 Å². The van der Waals surface area contributed by atoms with Gasteiger partial charge in [-0.3, -0.25) is 9.59 Å². The topological polar surface area (TPSA) is 58.2 Å². The Balaban J connectivity index is 1.74. The molecular formula is C20H27F3N2O2. The second kappa shape index (κ2) is 9.24. The standard InChI is InChI=1S/C20H27F3N2O2/c1-13-6-3-9-17(14(13)2)25-19(27)11-5-10-18(26)24-16-8-4-7-15(12-16)20(21,22)23/h4,7-8,12-14,17H,3,5-6,9-11H2,1-2H3,(H,24,26)(H,25,27)/t13-,14+,17+/m1/s1. The molecule has 2 N–H and O–H groups in total. The van der Waals surface area contributed by atoms with Crippen LogP contribution in [-0.2, 0) is 15.8 Å². The first kappa shape index (κ1) is 21.3. The number of halogens is 3. The summed E-state index contributed by atoms with van der Waals surface area (Å²) < 4.78 is 38.1. The SMILES string of the molecule is C[C@H]1[C@H](C)CCC[C@@H]1NC(=O)CCCC(=O)Nc1cccc(C(F)(F)F)c1. The number of hydrogen-bond donors (Lipinski definition) is 2. The van der Waals surface area contributed by atoms with E-state index in [1.165, 1.54) is 18.6 Å². The minimum Gasteiger partial charge on any atom is -0.353 e. The highest BCUT2D eigenvalue weighted by atomic mass is 19.4. The summed E-state index contributed by atoms with van der Waals surface area (Å²) in [5.74, 6) is 0.545. The van der Waals surface area contributed by atoms with Gasteiger partial charge in [0.2, 0.25) is 11.8 Å². The van der Waals surface area contributed by atoms with Crippen LogP contribution in [0.15, 0.2) is 24.3 Å². The van der Waals surface area contributed by atoms with Crippen molar-refractivity contribution >= 4 is 17.5 Å². The van der Waals surface area contributed by atoms with Gasteiger partial charge in [-0.25, -0.2) is 0 Å². The lowest BCUT2D eigenvalue weighted by atomic mass is 9.78. The molecule has 0 aliphatic heterocycles. The summed E-state index contributed by atoms with van der Waals surface area (Å²) in [5.41, 5.74) is -0.709. The average Bonchev–Trinajstić information content (AvgIpc) is 2.58. The molecule has 0 heterocycles. The summed E-state index contributed by atoms with van der Waals surface area (Å²) in [6.07, 6.45) is -0.514. The number of rotatable bonds is 6. The molecule has 0 saturated heterocycles. The Bertz CT molecular complexity index is 661. The van der Waals surface area contributed by atoms with Gasteiger partial charge in [0.05, 0.1) is 5.56 Å². The Kier molecular flexibility index (Phi) is 7.27. The first-order valence-electron chi connectivity index (χ1n) is 9.43. The van der Waals surface area contributed by atoms with E-state index in [1.807, 2.05) is 0 Å². The van der Waals surface area contributed by atoms with Crippen LogP contribution in [0.4, 0.5) is 18.9 Å². The number of amides is 2. The molecule has 1 aromatic rings. The van der Waals surface area contributed by atoms with Crippen molar-refractivity contribution in [2.75, 3.05) is 5.32 Å². The van der Waals surface area contributed by atoms with E-state index in [-0.39, 0.29) is 30.5 Å². The molecule has 27 heavy (non-hydrogen) atoms. The minimum absolute atomic E-state index is 0.0761. The molecule has 7 heteroatoms. The van der Waals surface area contributed by atoms with Crippen LogP contribution in [0.25, 0.3) is 0 Å². The van der Waals surface area contributed by atoms with Gasteiger partial charge in [0.15, 0.2) is 0 Å². The molecule has 1 saturated carbocycles. The number of anilines is 1. The van der Waals surface area contributed by atoms with Crippen LogP contribution < -0.4 is 10.6 Å². The van der Waals surface area contributed by atoms with Crippen molar-refractivity contribution in [2.24, 2.45) is 11.8 Å². The van der Waals surface area contributed by atoms with E-state index in [4.69, 9.17) is 0 Å². The molecular weight excluding hydrogens is 357 g/mol. The molecule has 2 amide bonds. The van der Waals surface area contributed by atoms with Crippen molar-refractivity contribution in [3.05, 3.63) is 29.8 Å². The molecule has 1 fully saturated rings. The fourth-order valence-electron chi connectivity index (χ4n) is 3.47. The number of benzene rings is 1. The highest BCUT2D eigenvalue weighted by Crippen LogP contribution is 2.31. The third kappa shape index (κ3) is 6.56. The monoisotopic (exact) mass is 384 g/mol. The van der Waals surface area contributed by atoms with Gasteiger partial charge in [-0.15, -0.1) is 0 Å². The maximum atomic E-state index is 12.7. The van der Waals surface area contributed by atoms with Gasteiger partial charge in [0.25, 0.3) is 0 Å². The van der Waals surface area contributed by atoms with Crippen LogP contribution in [0.5, 0.6) is 0 Å². The molecule has 0 bridgehead atoms. The van der Waals surface area contributed by atoms with Gasteiger partial charge >= 0.3 is 6.18 Å². The van der Waals surface area contributed by atoms with E-state index in [0.29, 0.717) is 18.3 Å². The second-order valence-electron chi connectivity index (χ2n) is 7.42. The smallest absolute Gasteiger partial charge is 0.353 e. The van der Waals surface area contributed by atoms with E-state index >= 15 is 0 Å². The fraction of sp³-hybridized carbons (Fsp3) is 0.600. The van der Waals surface area contributed by atoms with Crippen LogP contribution >= 0.6 is 0 Å². The zero-order valence-electron chi connectivity index (χ0n) is 15.7. The quantitative estimate of drug-likeness (QED) is 0.743. The van der Waals surface area contributed by atoms with E-state index in [2.05, 4.69) is 24.5 Å². The maximum absolute atomic E-state index is 12.7. The van der Waals surface area contributed by atoms with Crippen molar-refractivity contribution in [1.82, 2.24) is 5.32 Å². The van der Waals surface area contributed by atoms with Crippen molar-refractivity contribution in [1.29, 1.82) is 0 Å². The molecule has 0 spiro atoms. The Labute approximate surface area is 157 Å². The van der Waals surface area contributed by atoms with E-state index in [9.17, 15) is 22.8 Å². The first-order valence-corrected chi connectivity index (χ1v) is 9.43. The van der Waals surface area contributed by atoms with Crippen LogP contribution in [0.3, 0.4) is 0 Å². The Morgan fingerprint density at radius 1 is 1.11 bits per heavy atom. The largest absolute Gasteiger partial charge is 0.416 e. The minimum atomic E-state index is -4.45. The highest BCUT2D eigenvalue weighted by molar-refractivity contribution is 5.91. The molecule has 1 aliphatic rings. The Hall–Kier alpha value is -2.05. The third-order valence-corrected chi connectivity index (χ3v) is 5.33. The zero-order valence-corrected chi connectivity index (χ0v) is 15.7. The van der Waals surface area contributed by atoms with Gasteiger partial charge in [0, 0.05) is 24.6 Å². The molecule has 1 aromatic carbocycles. The lowest BCUT2D eigenvalue weighted by molar-refractivity contribution is -0.137. The van der Waals surface area contributed by atoms with Gasteiger partial charge < -0.3 is 10.6 Å². The molecule has 150 valence electrons. The average molecular weight is 384 g/mol. The molecule has 0 unspecified atom stereocenters. The van der Waals surface area contributed by atoms with Gasteiger partial charge in [-0.1, -0.05) is 32.8 Å². The summed E-state index contributed by atoms with van der Waals surface area (Å²) in [5, 5.41) is 5.50. The Morgan fingerprint density at radius 3 is 2.52 bits per heavy atom. The number of carbonyl (C=O) groups is 2. The van der Waals surface area contributed by atoms with Gasteiger partial charge in [-0.2, -0.15) is 13.2 Å². The summed E-state index contributed by atoms with van der Waals surface area (Å²) in [6, 6.07) is 4.69. The second-order valence-corrected chi connectivity index (χ2v) is 7.42. The summed E-state index contributed by atoms with van der Waals surface area (Å²) in [7, 11) is 0. The number of alkyl halides is 3. The summed E-state index contributed by atoms with van der Waals surface area (Å²) >= 11 is 0. The predicted octanol–water partition coefficient (Wildman–Crippen LogP) is 4.76. The number of hydrogen-bond acceptors (Lipinski definition) is 2. The van der Waals surface area contributed by atoms with E-state index in [1.54, 1.807) is 0 Å². The predicted molar refractivity (Wildman–Crippen MR) is 98.0 cm³/mol. The fourth-order valence-corrected chi connectivity index (χ4v) is 3.47. The van der Waals surface area contributed by atoms with E-state index in [0.717, 1.165) is 25.0 Å². The summed E-state index contributed by atoms with van der Waals surface area (Å²) in [6.45, 7) is 4.35. The Morgan fingerprint density at radius 2 is 1.81 bits per heavy atom. The number of carbonyl (C=O) groups excluding carboxylic acids is 2. The van der Waals surface area contributed by atoms with Crippen molar-refractivity contribution in [3.63, 3.8) is 0 Å². The van der Waals surface area contributed by atoms with Gasteiger partial charge in [0.1, 0.15) is 0 Å². The molecule has 0 radical (unpaired) electrons. The molecule has 3 atom stereocenters. The molecule has 1 aliphatic carbocycles. The summed E-state index contributed by atoms with van der Waals surface area (Å²) in [4.78, 5) is 24.0. The maximum Gasteiger partial charge on any atom is 0.416 e. The van der Waals surface area contributed by atoms with Crippen molar-refractivity contribution < 1.29 is 22.8 Å². The zero-order chi connectivity index (χ0) is 20.0. The normalized spacial score (nSPS) is 22.9. The lowest BCUT2D eigenvalue weighted by Gasteiger charge is -2.34. The lowest BCUT2D eigenvalue weighted by Crippen LogP contribution is -2.43. The molecule has 2 rings (SSSR count). The van der Waals surface area contributed by atoms with Crippen LogP contribution in [0.2, 0.25) is 0 Å². The number of nitrogens with one attached hydrogen (secondary N) is 2. The van der Waals surface area contributed by atoms with Crippen LogP contribution in [0, 0.1) is 11.8 Å². The third-order valence-electron chi connectivity index (χ3n) is 5.33. The van der Waals surface area contributed by atoms with Gasteiger partial charge in [-0.05, 0) is 42.9 Å². The van der Waals surface area contributed by atoms with Crippen LogP contribution in [0.1, 0.15) is 57.9 Å². The molecule has 0 aromatic heterocycles. The van der Waals surface area contributed by atoms with Crippen molar-refractivity contribution in [2.45, 2.75) is 64.6 Å². The van der Waals surface area contributed by atoms with E-state index < -0.39 is 17.6 Å².